The summed E-state index contributed by atoms with van der Waals surface area (Å²) in [6.07, 6.45) is 3.45. The Morgan fingerprint density at radius 2 is 1.65 bits per heavy atom. The molecule has 2 aliphatic carbocycles. The molecule has 0 spiro atoms. The number of carbonyl (C=O) groups is 4. The van der Waals surface area contributed by atoms with Crippen LogP contribution < -0.4 is 4.74 Å². The second-order valence-corrected chi connectivity index (χ2v) is 14.4. The van der Waals surface area contributed by atoms with Gasteiger partial charge in [-0.2, -0.15) is 0 Å². The summed E-state index contributed by atoms with van der Waals surface area (Å²) in [6.45, 7) is 4.42. The summed E-state index contributed by atoms with van der Waals surface area (Å²) in [5, 5.41) is 11.4. The standard InChI is InChI=1S/C35H37Cl2N3O6/c1-3-46-26-11-7-10-24(29(26)41)28-22-12-13-23-27(25(22)18-34(36)32(44)38(2)33(45)35(28,34)37)31(43)40(30(23)42)21-14-16-39(17-15-21)19-20-8-5-4-6-9-20/h4-12,21,23,25,27-28,41H,3,13-19H2,1-2H3/t23-,25+,27-,28+,34+,35-/m0/s1. The van der Waals surface area contributed by atoms with E-state index >= 15 is 0 Å². The number of aromatic hydroxyl groups is 1. The van der Waals surface area contributed by atoms with E-state index in [-0.39, 0.29) is 47.8 Å². The number of carbonyl (C=O) groups excluding carboxylic acids is 4. The quantitative estimate of drug-likeness (QED) is 0.276. The van der Waals surface area contributed by atoms with E-state index < -0.39 is 45.2 Å². The molecule has 7 rings (SSSR count). The topological polar surface area (TPSA) is 107 Å². The summed E-state index contributed by atoms with van der Waals surface area (Å²) in [4.78, 5) is 56.8. The number of amides is 4. The molecule has 1 N–H and O–H groups in total. The maximum Gasteiger partial charge on any atom is 0.253 e. The first-order chi connectivity index (χ1) is 22.0. The molecule has 0 radical (unpaired) electrons. The maximum absolute atomic E-state index is 14.4. The lowest BCUT2D eigenvalue weighted by Gasteiger charge is -2.50. The highest BCUT2D eigenvalue weighted by Gasteiger charge is 2.76. The molecule has 4 amide bonds. The second kappa shape index (κ2) is 11.4. The summed E-state index contributed by atoms with van der Waals surface area (Å²) in [7, 11) is 1.35. The zero-order valence-corrected chi connectivity index (χ0v) is 27.3. The minimum Gasteiger partial charge on any atom is -0.504 e. The molecule has 46 heavy (non-hydrogen) atoms. The minimum absolute atomic E-state index is 0.0786. The van der Waals surface area contributed by atoms with E-state index in [1.165, 1.54) is 17.5 Å². The Kier molecular flexibility index (Phi) is 7.73. The molecule has 2 aromatic rings. The number of ether oxygens (including phenoxy) is 1. The van der Waals surface area contributed by atoms with Crippen LogP contribution in [0.1, 0.15) is 49.7 Å². The largest absolute Gasteiger partial charge is 0.504 e. The van der Waals surface area contributed by atoms with Crippen LogP contribution in [0.5, 0.6) is 11.5 Å². The zero-order chi connectivity index (χ0) is 32.5. The monoisotopic (exact) mass is 665 g/mol. The van der Waals surface area contributed by atoms with Crippen LogP contribution in [-0.4, -0.2) is 86.0 Å². The number of allylic oxidation sites excluding steroid dienone is 2. The number of fused-ring (bicyclic) bond motifs is 4. The Hall–Kier alpha value is -3.40. The number of halogens is 2. The third-order valence-corrected chi connectivity index (χ3v) is 12.3. The van der Waals surface area contributed by atoms with Crippen molar-refractivity contribution in [2.75, 3.05) is 26.7 Å². The van der Waals surface area contributed by atoms with Gasteiger partial charge in [-0.25, -0.2) is 0 Å². The number of likely N-dealkylation sites (tertiary alicyclic amines) is 3. The number of rotatable bonds is 6. The Balaban J connectivity index is 1.22. The zero-order valence-electron chi connectivity index (χ0n) is 25.8. The molecule has 3 heterocycles. The molecular weight excluding hydrogens is 629 g/mol. The third-order valence-electron chi connectivity index (χ3n) is 10.9. The summed E-state index contributed by atoms with van der Waals surface area (Å²) < 4.78 is 5.65. The van der Waals surface area contributed by atoms with Gasteiger partial charge in [-0.15, -0.1) is 23.2 Å². The lowest BCUT2D eigenvalue weighted by Crippen LogP contribution is -2.60. The van der Waals surface area contributed by atoms with Crippen molar-refractivity contribution in [3.8, 4) is 11.5 Å². The predicted octanol–water partition coefficient (Wildman–Crippen LogP) is 4.44. The smallest absolute Gasteiger partial charge is 0.253 e. The molecule has 4 fully saturated rings. The highest BCUT2D eigenvalue weighted by Crippen LogP contribution is 2.66. The van der Waals surface area contributed by atoms with Crippen molar-refractivity contribution < 1.29 is 29.0 Å². The van der Waals surface area contributed by atoms with E-state index in [0.717, 1.165) is 24.5 Å². The molecule has 6 atom stereocenters. The van der Waals surface area contributed by atoms with Gasteiger partial charge in [-0.05, 0) is 50.2 Å². The summed E-state index contributed by atoms with van der Waals surface area (Å²) in [5.74, 6) is -4.78. The molecule has 5 aliphatic rings. The van der Waals surface area contributed by atoms with Crippen LogP contribution in [0.3, 0.4) is 0 Å². The van der Waals surface area contributed by atoms with Gasteiger partial charge in [0.1, 0.15) is 0 Å². The summed E-state index contributed by atoms with van der Waals surface area (Å²) >= 11 is 14.5. The summed E-state index contributed by atoms with van der Waals surface area (Å²) in [6, 6.07) is 15.0. The van der Waals surface area contributed by atoms with Gasteiger partial charge in [-0.1, -0.05) is 54.1 Å². The highest BCUT2D eigenvalue weighted by molar-refractivity contribution is 6.53. The Morgan fingerprint density at radius 1 is 0.935 bits per heavy atom. The number of nitrogens with zero attached hydrogens (tertiary/aromatic N) is 3. The molecule has 3 saturated heterocycles. The fourth-order valence-electron chi connectivity index (χ4n) is 8.70. The van der Waals surface area contributed by atoms with E-state index in [1.54, 1.807) is 25.1 Å². The first kappa shape index (κ1) is 31.2. The van der Waals surface area contributed by atoms with Crippen molar-refractivity contribution in [2.24, 2.45) is 17.8 Å². The van der Waals surface area contributed by atoms with Gasteiger partial charge in [0.25, 0.3) is 11.8 Å². The third kappa shape index (κ3) is 4.38. The average molecular weight is 667 g/mol. The normalized spacial score (nSPS) is 33.2. The van der Waals surface area contributed by atoms with E-state index in [4.69, 9.17) is 27.9 Å². The van der Waals surface area contributed by atoms with Crippen molar-refractivity contribution in [3.63, 3.8) is 0 Å². The van der Waals surface area contributed by atoms with Crippen LogP contribution in [0, 0.1) is 17.8 Å². The number of benzene rings is 2. The number of phenols is 1. The van der Waals surface area contributed by atoms with Crippen molar-refractivity contribution >= 4 is 46.8 Å². The Bertz CT molecular complexity index is 1640. The fourth-order valence-corrected chi connectivity index (χ4v) is 9.71. The van der Waals surface area contributed by atoms with Crippen LogP contribution in [0.15, 0.2) is 60.2 Å². The molecule has 9 nitrogen and oxygen atoms in total. The van der Waals surface area contributed by atoms with Crippen molar-refractivity contribution in [2.45, 2.75) is 60.9 Å². The number of para-hydroxylation sites is 1. The summed E-state index contributed by atoms with van der Waals surface area (Å²) in [5.41, 5.74) is 2.16. The highest BCUT2D eigenvalue weighted by atomic mass is 35.5. The first-order valence-corrected chi connectivity index (χ1v) is 16.8. The van der Waals surface area contributed by atoms with Crippen molar-refractivity contribution in [1.82, 2.24) is 14.7 Å². The molecule has 0 bridgehead atoms. The molecule has 11 heteroatoms. The van der Waals surface area contributed by atoms with E-state index in [2.05, 4.69) is 17.0 Å². The Labute approximate surface area is 278 Å². The van der Waals surface area contributed by atoms with Crippen molar-refractivity contribution in [1.29, 1.82) is 0 Å². The molecule has 2 aromatic carbocycles. The lowest BCUT2D eigenvalue weighted by atomic mass is 9.56. The van der Waals surface area contributed by atoms with E-state index in [9.17, 15) is 24.3 Å². The minimum atomic E-state index is -1.96. The molecule has 0 unspecified atom stereocenters. The Morgan fingerprint density at radius 3 is 2.35 bits per heavy atom. The van der Waals surface area contributed by atoms with Crippen LogP contribution in [0.25, 0.3) is 0 Å². The number of hydrogen-bond donors (Lipinski definition) is 1. The number of hydrogen-bond acceptors (Lipinski definition) is 7. The predicted molar refractivity (Wildman–Crippen MR) is 171 cm³/mol. The number of phenolic OH excluding ortho intramolecular Hbond substituents is 1. The molecule has 3 aliphatic heterocycles. The van der Waals surface area contributed by atoms with Crippen LogP contribution in [-0.2, 0) is 25.7 Å². The SMILES string of the molecule is CCOc1cccc([C@H]2C3=CC[C@@H]4C(=O)N(C5CCN(Cc6ccccc6)CC5)C(=O)[C@@H]4[C@@H]3C[C@@]3(Cl)C(=O)N(C)C(=O)[C@@]23Cl)c1O. The molecule has 242 valence electrons. The van der Waals surface area contributed by atoms with Crippen LogP contribution in [0.2, 0.25) is 0 Å². The van der Waals surface area contributed by atoms with Crippen LogP contribution in [0.4, 0.5) is 0 Å². The van der Waals surface area contributed by atoms with Gasteiger partial charge in [-0.3, -0.25) is 33.9 Å². The number of imide groups is 2. The van der Waals surface area contributed by atoms with Crippen molar-refractivity contribution in [3.05, 3.63) is 71.3 Å². The van der Waals surface area contributed by atoms with Gasteiger partial charge in [0, 0.05) is 44.2 Å². The second-order valence-electron chi connectivity index (χ2n) is 13.2. The van der Waals surface area contributed by atoms with Gasteiger partial charge in [0.05, 0.1) is 18.4 Å². The van der Waals surface area contributed by atoms with Crippen LogP contribution >= 0.6 is 23.2 Å². The van der Waals surface area contributed by atoms with E-state index in [1.807, 2.05) is 24.3 Å². The molecule has 0 aromatic heterocycles. The lowest BCUT2D eigenvalue weighted by molar-refractivity contribution is -0.144. The van der Waals surface area contributed by atoms with Gasteiger partial charge in [0.2, 0.25) is 11.8 Å². The van der Waals surface area contributed by atoms with Gasteiger partial charge >= 0.3 is 0 Å². The van der Waals surface area contributed by atoms with Gasteiger partial charge in [0.15, 0.2) is 21.2 Å². The number of alkyl halides is 2. The van der Waals surface area contributed by atoms with Gasteiger partial charge < -0.3 is 9.84 Å². The van der Waals surface area contributed by atoms with E-state index in [0.29, 0.717) is 25.0 Å². The number of piperidine rings is 1. The first-order valence-electron chi connectivity index (χ1n) is 16.0. The fraction of sp³-hybridized carbons (Fsp3) is 0.486. The molecule has 1 saturated carbocycles. The maximum atomic E-state index is 14.4. The average Bonchev–Trinajstić information content (AvgIpc) is 3.38. The molecular formula is C35H37Cl2N3O6.